The number of hydrogen-bond acceptors (Lipinski definition) is 3. The molecule has 0 bridgehead atoms. The molecule has 1 aromatic carbocycles. The summed E-state index contributed by atoms with van der Waals surface area (Å²) in [5.41, 5.74) is 0.605. The molecule has 1 saturated heterocycles. The van der Waals surface area contributed by atoms with Crippen LogP contribution in [-0.4, -0.2) is 42.2 Å². The van der Waals surface area contributed by atoms with Crippen LogP contribution >= 0.6 is 0 Å². The first-order chi connectivity index (χ1) is 7.70. The van der Waals surface area contributed by atoms with Crippen molar-refractivity contribution in [3.8, 4) is 5.75 Å². The zero-order valence-corrected chi connectivity index (χ0v) is 9.22. The largest absolute Gasteiger partial charge is 0.497 e. The molecule has 4 nitrogen and oxygen atoms in total. The van der Waals surface area contributed by atoms with Crippen LogP contribution < -0.4 is 4.74 Å². The molecule has 1 aliphatic rings. The summed E-state index contributed by atoms with van der Waals surface area (Å²) in [6.07, 6.45) is 0.282. The summed E-state index contributed by atoms with van der Waals surface area (Å²) in [6, 6.07) is 7.07. The minimum absolute atomic E-state index is 0.0459. The standard InChI is InChI=1S/C12H15NO3/c1-16-11-4-2-3-9(7-11)12(15)13-6-5-10(14)8-13/h2-4,7,10,14H,5-6,8H2,1H3/t10-/m0/s1. The van der Waals surface area contributed by atoms with Crippen molar-refractivity contribution in [3.05, 3.63) is 29.8 Å². The third-order valence-corrected chi connectivity index (χ3v) is 2.77. The highest BCUT2D eigenvalue weighted by Crippen LogP contribution is 2.17. The second-order valence-electron chi connectivity index (χ2n) is 3.93. The predicted octanol–water partition coefficient (Wildman–Crippen LogP) is 0.902. The van der Waals surface area contributed by atoms with Crippen molar-refractivity contribution in [3.63, 3.8) is 0 Å². The van der Waals surface area contributed by atoms with Gasteiger partial charge >= 0.3 is 0 Å². The number of ether oxygens (including phenoxy) is 1. The van der Waals surface area contributed by atoms with Gasteiger partial charge in [0.05, 0.1) is 13.2 Å². The molecule has 1 aromatic rings. The first-order valence-electron chi connectivity index (χ1n) is 5.32. The van der Waals surface area contributed by atoms with Crippen LogP contribution in [0.15, 0.2) is 24.3 Å². The van der Waals surface area contributed by atoms with Gasteiger partial charge in [0.1, 0.15) is 5.75 Å². The lowest BCUT2D eigenvalue weighted by atomic mass is 10.2. The normalized spacial score (nSPS) is 19.9. The highest BCUT2D eigenvalue weighted by atomic mass is 16.5. The smallest absolute Gasteiger partial charge is 0.254 e. The third-order valence-electron chi connectivity index (χ3n) is 2.77. The number of amides is 1. The van der Waals surface area contributed by atoms with Gasteiger partial charge in [0.25, 0.3) is 5.91 Å². The average Bonchev–Trinajstić information content (AvgIpc) is 2.75. The fraction of sp³-hybridized carbons (Fsp3) is 0.417. The maximum atomic E-state index is 12.0. The van der Waals surface area contributed by atoms with Crippen LogP contribution in [0.25, 0.3) is 0 Å². The number of nitrogens with zero attached hydrogens (tertiary/aromatic N) is 1. The lowest BCUT2D eigenvalue weighted by molar-refractivity contribution is 0.0764. The molecule has 1 fully saturated rings. The van der Waals surface area contributed by atoms with Crippen LogP contribution in [0.2, 0.25) is 0 Å². The van der Waals surface area contributed by atoms with E-state index < -0.39 is 0 Å². The molecule has 0 saturated carbocycles. The molecule has 16 heavy (non-hydrogen) atoms. The number of aliphatic hydroxyl groups is 1. The maximum absolute atomic E-state index is 12.0. The number of aliphatic hydroxyl groups excluding tert-OH is 1. The van der Waals surface area contributed by atoms with E-state index in [0.29, 0.717) is 30.8 Å². The van der Waals surface area contributed by atoms with E-state index in [2.05, 4.69) is 0 Å². The Labute approximate surface area is 94.4 Å². The van der Waals surface area contributed by atoms with Crippen molar-refractivity contribution >= 4 is 5.91 Å². The molecular weight excluding hydrogens is 206 g/mol. The quantitative estimate of drug-likeness (QED) is 0.807. The van der Waals surface area contributed by atoms with Gasteiger partial charge < -0.3 is 14.7 Å². The summed E-state index contributed by atoms with van der Waals surface area (Å²) in [5.74, 6) is 0.626. The maximum Gasteiger partial charge on any atom is 0.254 e. The molecule has 0 aromatic heterocycles. The average molecular weight is 221 g/mol. The second kappa shape index (κ2) is 4.53. The lowest BCUT2D eigenvalue weighted by Gasteiger charge is -2.15. The summed E-state index contributed by atoms with van der Waals surface area (Å²) >= 11 is 0. The van der Waals surface area contributed by atoms with Crippen molar-refractivity contribution in [1.29, 1.82) is 0 Å². The Morgan fingerprint density at radius 3 is 3.00 bits per heavy atom. The van der Waals surface area contributed by atoms with Crippen molar-refractivity contribution < 1.29 is 14.6 Å². The summed E-state index contributed by atoms with van der Waals surface area (Å²) in [5, 5.41) is 9.38. The van der Waals surface area contributed by atoms with Gasteiger partial charge in [-0.1, -0.05) is 6.07 Å². The van der Waals surface area contributed by atoms with Gasteiger partial charge in [0.2, 0.25) is 0 Å². The van der Waals surface area contributed by atoms with E-state index in [4.69, 9.17) is 4.74 Å². The van der Waals surface area contributed by atoms with E-state index in [1.165, 1.54) is 0 Å². The first-order valence-corrected chi connectivity index (χ1v) is 5.32. The van der Waals surface area contributed by atoms with Gasteiger partial charge in [-0.05, 0) is 24.6 Å². The Bertz CT molecular complexity index is 392. The van der Waals surface area contributed by atoms with Gasteiger partial charge in [-0.25, -0.2) is 0 Å². The topological polar surface area (TPSA) is 49.8 Å². The number of likely N-dealkylation sites (tertiary alicyclic amines) is 1. The molecule has 0 spiro atoms. The van der Waals surface area contributed by atoms with E-state index >= 15 is 0 Å². The third kappa shape index (κ3) is 2.17. The number of carbonyl (C=O) groups is 1. The highest BCUT2D eigenvalue weighted by molar-refractivity contribution is 5.94. The number of carbonyl (C=O) groups excluding carboxylic acids is 1. The number of rotatable bonds is 2. The van der Waals surface area contributed by atoms with Crippen molar-refractivity contribution in [2.45, 2.75) is 12.5 Å². The Hall–Kier alpha value is -1.55. The summed E-state index contributed by atoms with van der Waals surface area (Å²) in [7, 11) is 1.57. The monoisotopic (exact) mass is 221 g/mol. The zero-order valence-electron chi connectivity index (χ0n) is 9.22. The van der Waals surface area contributed by atoms with Gasteiger partial charge in [-0.3, -0.25) is 4.79 Å². The number of hydrogen-bond donors (Lipinski definition) is 1. The predicted molar refractivity (Wildman–Crippen MR) is 59.5 cm³/mol. The van der Waals surface area contributed by atoms with Gasteiger partial charge in [-0.15, -0.1) is 0 Å². The minimum atomic E-state index is -0.380. The van der Waals surface area contributed by atoms with E-state index in [9.17, 15) is 9.90 Å². The lowest BCUT2D eigenvalue weighted by Crippen LogP contribution is -2.29. The van der Waals surface area contributed by atoms with Crippen LogP contribution in [-0.2, 0) is 0 Å². The Morgan fingerprint density at radius 1 is 1.56 bits per heavy atom. The first kappa shape index (κ1) is 11.0. The van der Waals surface area contributed by atoms with Gasteiger partial charge in [0, 0.05) is 18.7 Å². The minimum Gasteiger partial charge on any atom is -0.497 e. The fourth-order valence-electron chi connectivity index (χ4n) is 1.86. The van der Waals surface area contributed by atoms with E-state index in [-0.39, 0.29) is 12.0 Å². The molecular formula is C12H15NO3. The Balaban J connectivity index is 2.14. The Kier molecular flexibility index (Phi) is 3.10. The second-order valence-corrected chi connectivity index (χ2v) is 3.93. The summed E-state index contributed by atoms with van der Waals surface area (Å²) in [4.78, 5) is 13.7. The van der Waals surface area contributed by atoms with Gasteiger partial charge in [0.15, 0.2) is 0 Å². The summed E-state index contributed by atoms with van der Waals surface area (Å²) < 4.78 is 5.07. The zero-order chi connectivity index (χ0) is 11.5. The molecule has 1 heterocycles. The molecule has 0 unspecified atom stereocenters. The SMILES string of the molecule is COc1cccc(C(=O)N2CC[C@H](O)C2)c1. The van der Waals surface area contributed by atoms with E-state index in [0.717, 1.165) is 0 Å². The molecule has 2 rings (SSSR count). The van der Waals surface area contributed by atoms with Crippen molar-refractivity contribution in [2.75, 3.05) is 20.2 Å². The highest BCUT2D eigenvalue weighted by Gasteiger charge is 2.25. The molecule has 4 heteroatoms. The fourth-order valence-corrected chi connectivity index (χ4v) is 1.86. The molecule has 1 amide bonds. The molecule has 1 aliphatic heterocycles. The van der Waals surface area contributed by atoms with Crippen LogP contribution in [0.1, 0.15) is 16.8 Å². The van der Waals surface area contributed by atoms with Crippen LogP contribution in [0, 0.1) is 0 Å². The number of methoxy groups -OCH3 is 1. The Morgan fingerprint density at radius 2 is 2.38 bits per heavy atom. The van der Waals surface area contributed by atoms with Crippen LogP contribution in [0.5, 0.6) is 5.75 Å². The molecule has 0 aliphatic carbocycles. The number of β-amino-alcohol motifs (C(OH)–C–C–N with tert-alkyl or cyclic N) is 1. The van der Waals surface area contributed by atoms with Crippen LogP contribution in [0.3, 0.4) is 0 Å². The molecule has 0 radical (unpaired) electrons. The molecule has 86 valence electrons. The molecule has 1 N–H and O–H groups in total. The van der Waals surface area contributed by atoms with E-state index in [1.807, 2.05) is 0 Å². The van der Waals surface area contributed by atoms with E-state index in [1.54, 1.807) is 36.3 Å². The van der Waals surface area contributed by atoms with Crippen molar-refractivity contribution in [1.82, 2.24) is 4.90 Å². The van der Waals surface area contributed by atoms with Gasteiger partial charge in [-0.2, -0.15) is 0 Å². The summed E-state index contributed by atoms with van der Waals surface area (Å²) in [6.45, 7) is 1.05. The molecule has 1 atom stereocenters. The number of benzene rings is 1. The van der Waals surface area contributed by atoms with Crippen molar-refractivity contribution in [2.24, 2.45) is 0 Å². The van der Waals surface area contributed by atoms with Crippen LogP contribution in [0.4, 0.5) is 0 Å².